The van der Waals surface area contributed by atoms with Gasteiger partial charge in [0, 0.05) is 29.1 Å². The van der Waals surface area contributed by atoms with Crippen LogP contribution < -0.4 is 10.5 Å². The van der Waals surface area contributed by atoms with Crippen molar-refractivity contribution in [3.8, 4) is 0 Å². The standard InChI is InChI=1S/C10H18N4O2S2/c1-7-8(5-11)9(14-13-7)18(15,16)12-6-10(17-2)3-4-10/h12H,3-6,11H2,1-2H3,(H,13,14). The van der Waals surface area contributed by atoms with Crippen LogP contribution in [0.15, 0.2) is 5.03 Å². The molecule has 6 nitrogen and oxygen atoms in total. The van der Waals surface area contributed by atoms with Crippen molar-refractivity contribution in [2.45, 2.75) is 36.1 Å². The Bertz CT molecular complexity index is 534. The Hall–Kier alpha value is -0.570. The predicted molar refractivity (Wildman–Crippen MR) is 71.9 cm³/mol. The molecule has 18 heavy (non-hydrogen) atoms. The number of hydrogen-bond acceptors (Lipinski definition) is 5. The number of sulfonamides is 1. The summed E-state index contributed by atoms with van der Waals surface area (Å²) >= 11 is 1.71. The van der Waals surface area contributed by atoms with Crippen LogP contribution in [0.1, 0.15) is 24.1 Å². The number of nitrogens with zero attached hydrogens (tertiary/aromatic N) is 1. The summed E-state index contributed by atoms with van der Waals surface area (Å²) in [6, 6.07) is 0. The van der Waals surface area contributed by atoms with Crippen molar-refractivity contribution in [2.75, 3.05) is 12.8 Å². The molecule has 102 valence electrons. The van der Waals surface area contributed by atoms with E-state index in [-0.39, 0.29) is 16.3 Å². The first kappa shape index (κ1) is 13.9. The summed E-state index contributed by atoms with van der Waals surface area (Å²) in [4.78, 5) is 0. The number of H-pyrrole nitrogens is 1. The molecule has 0 saturated heterocycles. The lowest BCUT2D eigenvalue weighted by molar-refractivity contribution is 0.574. The van der Waals surface area contributed by atoms with Gasteiger partial charge in [-0.1, -0.05) is 0 Å². The molecule has 0 unspecified atom stereocenters. The smallest absolute Gasteiger partial charge is 0.260 e. The molecule has 1 heterocycles. The van der Waals surface area contributed by atoms with Crippen LogP contribution in [0.4, 0.5) is 0 Å². The van der Waals surface area contributed by atoms with Gasteiger partial charge in [-0.15, -0.1) is 0 Å². The van der Waals surface area contributed by atoms with Crippen LogP contribution in [0, 0.1) is 6.92 Å². The van der Waals surface area contributed by atoms with Crippen LogP contribution in [-0.2, 0) is 16.6 Å². The number of rotatable bonds is 6. The van der Waals surface area contributed by atoms with Gasteiger partial charge in [-0.3, -0.25) is 5.10 Å². The highest BCUT2D eigenvalue weighted by Gasteiger charge is 2.42. The minimum absolute atomic E-state index is 0.0272. The lowest BCUT2D eigenvalue weighted by atomic mass is 10.3. The molecule has 0 spiro atoms. The lowest BCUT2D eigenvalue weighted by Gasteiger charge is -2.12. The first-order chi connectivity index (χ1) is 8.44. The number of aromatic nitrogens is 2. The predicted octanol–water partition coefficient (Wildman–Crippen LogP) is 0.351. The molecule has 0 amide bonds. The summed E-state index contributed by atoms with van der Waals surface area (Å²) in [5, 5.41) is 6.54. The second-order valence-corrected chi connectivity index (χ2v) is 7.50. The minimum Gasteiger partial charge on any atom is -0.326 e. The average molecular weight is 290 g/mol. The molecule has 0 aliphatic heterocycles. The Balaban J connectivity index is 2.15. The van der Waals surface area contributed by atoms with E-state index in [1.165, 1.54) is 0 Å². The zero-order valence-corrected chi connectivity index (χ0v) is 12.1. The number of nitrogens with one attached hydrogen (secondary N) is 2. The molecule has 0 radical (unpaired) electrons. The van der Waals surface area contributed by atoms with Crippen LogP contribution in [0.5, 0.6) is 0 Å². The Morgan fingerprint density at radius 2 is 2.22 bits per heavy atom. The van der Waals surface area contributed by atoms with Crippen LogP contribution in [-0.4, -0.2) is 36.2 Å². The van der Waals surface area contributed by atoms with E-state index < -0.39 is 10.0 Å². The van der Waals surface area contributed by atoms with Crippen molar-refractivity contribution >= 4 is 21.8 Å². The molecule has 0 aromatic carbocycles. The summed E-state index contributed by atoms with van der Waals surface area (Å²) in [7, 11) is -3.57. The third-order valence-electron chi connectivity index (χ3n) is 3.32. The fourth-order valence-corrected chi connectivity index (χ4v) is 3.93. The first-order valence-corrected chi connectivity index (χ1v) is 8.44. The number of aromatic amines is 1. The first-order valence-electron chi connectivity index (χ1n) is 5.73. The van der Waals surface area contributed by atoms with Crippen molar-refractivity contribution < 1.29 is 8.42 Å². The summed E-state index contributed by atoms with van der Waals surface area (Å²) in [6.07, 6.45) is 4.12. The van der Waals surface area contributed by atoms with Gasteiger partial charge in [-0.25, -0.2) is 13.1 Å². The van der Waals surface area contributed by atoms with Crippen molar-refractivity contribution in [2.24, 2.45) is 5.73 Å². The van der Waals surface area contributed by atoms with Gasteiger partial charge < -0.3 is 5.73 Å². The highest BCUT2D eigenvalue weighted by Crippen LogP contribution is 2.46. The maximum atomic E-state index is 12.2. The molecule has 2 rings (SSSR count). The molecular weight excluding hydrogens is 272 g/mol. The third-order valence-corrected chi connectivity index (χ3v) is 6.11. The monoisotopic (exact) mass is 290 g/mol. The number of aryl methyl sites for hydroxylation is 1. The van der Waals surface area contributed by atoms with Gasteiger partial charge in [-0.05, 0) is 26.0 Å². The molecule has 1 aromatic heterocycles. The zero-order valence-electron chi connectivity index (χ0n) is 10.5. The van der Waals surface area contributed by atoms with E-state index in [4.69, 9.17) is 5.73 Å². The molecule has 1 fully saturated rings. The van der Waals surface area contributed by atoms with Gasteiger partial charge in [0.1, 0.15) is 0 Å². The topological polar surface area (TPSA) is 101 Å². The van der Waals surface area contributed by atoms with Crippen molar-refractivity contribution in [1.29, 1.82) is 0 Å². The Morgan fingerprint density at radius 3 is 2.72 bits per heavy atom. The maximum absolute atomic E-state index is 12.2. The molecule has 1 aliphatic carbocycles. The molecule has 0 atom stereocenters. The molecule has 1 saturated carbocycles. The Morgan fingerprint density at radius 1 is 1.56 bits per heavy atom. The molecule has 4 N–H and O–H groups in total. The van der Waals surface area contributed by atoms with Gasteiger partial charge in [0.25, 0.3) is 10.0 Å². The third kappa shape index (κ3) is 2.56. The quantitative estimate of drug-likeness (QED) is 0.702. The van der Waals surface area contributed by atoms with E-state index in [0.717, 1.165) is 12.8 Å². The van der Waals surface area contributed by atoms with Crippen molar-refractivity contribution in [1.82, 2.24) is 14.9 Å². The lowest BCUT2D eigenvalue weighted by Crippen LogP contribution is -2.32. The van der Waals surface area contributed by atoms with E-state index in [0.29, 0.717) is 17.8 Å². The summed E-state index contributed by atoms with van der Waals surface area (Å²) < 4.78 is 27.0. The molecule has 0 bridgehead atoms. The van der Waals surface area contributed by atoms with Crippen LogP contribution >= 0.6 is 11.8 Å². The number of nitrogens with two attached hydrogens (primary N) is 1. The number of thioether (sulfide) groups is 1. The van der Waals surface area contributed by atoms with Crippen LogP contribution in [0.25, 0.3) is 0 Å². The molecule has 1 aliphatic rings. The van der Waals surface area contributed by atoms with Crippen molar-refractivity contribution in [3.05, 3.63) is 11.3 Å². The molecular formula is C10H18N4O2S2. The maximum Gasteiger partial charge on any atom is 0.260 e. The van der Waals surface area contributed by atoms with E-state index in [9.17, 15) is 8.42 Å². The summed E-state index contributed by atoms with van der Waals surface area (Å²) in [5.74, 6) is 0. The summed E-state index contributed by atoms with van der Waals surface area (Å²) in [6.45, 7) is 2.37. The molecule has 8 heteroatoms. The zero-order chi connectivity index (χ0) is 13.4. The van der Waals surface area contributed by atoms with Crippen LogP contribution in [0.3, 0.4) is 0 Å². The van der Waals surface area contributed by atoms with E-state index in [2.05, 4.69) is 14.9 Å². The summed E-state index contributed by atoms with van der Waals surface area (Å²) in [5.41, 5.74) is 6.81. The number of hydrogen-bond donors (Lipinski definition) is 3. The van der Waals surface area contributed by atoms with Crippen LogP contribution in [0.2, 0.25) is 0 Å². The fraction of sp³-hybridized carbons (Fsp3) is 0.700. The second kappa shape index (κ2) is 4.84. The Labute approximate surface area is 111 Å². The van der Waals surface area contributed by atoms with Gasteiger partial charge in [0.2, 0.25) is 0 Å². The SMILES string of the molecule is CSC1(CNS(=O)(=O)c2n[nH]c(C)c2CN)CC1. The highest BCUT2D eigenvalue weighted by molar-refractivity contribution is 8.00. The fourth-order valence-electron chi connectivity index (χ4n) is 1.78. The average Bonchev–Trinajstić information content (AvgIpc) is 3.03. The van der Waals surface area contributed by atoms with E-state index in [1.807, 2.05) is 6.26 Å². The van der Waals surface area contributed by atoms with E-state index >= 15 is 0 Å². The van der Waals surface area contributed by atoms with Gasteiger partial charge in [0.15, 0.2) is 5.03 Å². The molecule has 1 aromatic rings. The van der Waals surface area contributed by atoms with Gasteiger partial charge >= 0.3 is 0 Å². The highest BCUT2D eigenvalue weighted by atomic mass is 32.2. The van der Waals surface area contributed by atoms with Gasteiger partial charge in [-0.2, -0.15) is 16.9 Å². The second-order valence-electron chi connectivity index (χ2n) is 4.55. The van der Waals surface area contributed by atoms with Gasteiger partial charge in [0.05, 0.1) is 0 Å². The minimum atomic E-state index is -3.57. The van der Waals surface area contributed by atoms with Crippen molar-refractivity contribution in [3.63, 3.8) is 0 Å². The normalized spacial score (nSPS) is 17.9. The largest absolute Gasteiger partial charge is 0.326 e. The van der Waals surface area contributed by atoms with E-state index in [1.54, 1.807) is 18.7 Å². The Kier molecular flexibility index (Phi) is 3.72.